The van der Waals surface area contributed by atoms with Gasteiger partial charge in [-0.25, -0.2) is 0 Å². The first-order valence-electron chi connectivity index (χ1n) is 13.0. The molecule has 0 saturated heterocycles. The quantitative estimate of drug-likeness (QED) is 0.602. The molecule has 5 rings (SSSR count). The Morgan fingerprint density at radius 1 is 1.00 bits per heavy atom. The monoisotopic (exact) mass is 409 g/mol. The van der Waals surface area contributed by atoms with Crippen molar-refractivity contribution in [2.24, 2.45) is 46.3 Å². The molecule has 30 heavy (non-hydrogen) atoms. The lowest BCUT2D eigenvalue weighted by molar-refractivity contribution is -0.129. The van der Waals surface area contributed by atoms with Gasteiger partial charge in [0.2, 0.25) is 0 Å². The van der Waals surface area contributed by atoms with Crippen LogP contribution < -0.4 is 0 Å². The number of aliphatic hydroxyl groups is 1. The van der Waals surface area contributed by atoms with Crippen molar-refractivity contribution in [2.45, 2.75) is 97.5 Å². The van der Waals surface area contributed by atoms with Crippen molar-refractivity contribution >= 4 is 0 Å². The van der Waals surface area contributed by atoms with Crippen LogP contribution in [0.25, 0.3) is 0 Å². The van der Waals surface area contributed by atoms with Crippen LogP contribution in [0.5, 0.6) is 0 Å². The molecule has 9 unspecified atom stereocenters. The van der Waals surface area contributed by atoms with Crippen molar-refractivity contribution in [1.82, 2.24) is 4.98 Å². The van der Waals surface area contributed by atoms with E-state index in [1.165, 1.54) is 57.1 Å². The van der Waals surface area contributed by atoms with E-state index in [0.29, 0.717) is 10.8 Å². The lowest BCUT2D eigenvalue weighted by Crippen LogP contribution is -2.54. The Morgan fingerprint density at radius 2 is 1.80 bits per heavy atom. The second kappa shape index (κ2) is 7.91. The Balaban J connectivity index is 1.29. The molecule has 0 amide bonds. The first-order valence-corrected chi connectivity index (χ1v) is 13.0. The molecule has 1 N–H and O–H groups in total. The molecule has 2 heteroatoms. The van der Waals surface area contributed by atoms with E-state index in [4.69, 9.17) is 0 Å². The Bertz CT molecular complexity index is 733. The number of hydrogen-bond donors (Lipinski definition) is 1. The number of pyridine rings is 1. The van der Waals surface area contributed by atoms with Gasteiger partial charge in [0.1, 0.15) is 0 Å². The summed E-state index contributed by atoms with van der Waals surface area (Å²) in [4.78, 5) is 4.56. The van der Waals surface area contributed by atoms with Crippen molar-refractivity contribution in [2.75, 3.05) is 0 Å². The molecule has 166 valence electrons. The molecule has 4 aliphatic rings. The maximum Gasteiger partial charge on any atom is 0.0543 e. The van der Waals surface area contributed by atoms with Gasteiger partial charge >= 0.3 is 0 Å². The van der Waals surface area contributed by atoms with E-state index in [-0.39, 0.29) is 6.10 Å². The minimum absolute atomic E-state index is 0.0238. The van der Waals surface area contributed by atoms with Gasteiger partial charge in [0.15, 0.2) is 0 Å². The topological polar surface area (TPSA) is 33.1 Å². The lowest BCUT2D eigenvalue weighted by atomic mass is 9.44. The van der Waals surface area contributed by atoms with Crippen LogP contribution in [-0.2, 0) is 6.42 Å². The average Bonchev–Trinajstić information content (AvgIpc) is 3.10. The zero-order valence-electron chi connectivity index (χ0n) is 19.5. The summed E-state index contributed by atoms with van der Waals surface area (Å²) in [5, 5.41) is 10.3. The molecule has 2 nitrogen and oxygen atoms in total. The second-order valence-corrected chi connectivity index (χ2v) is 12.2. The summed E-state index contributed by atoms with van der Waals surface area (Å²) in [6, 6.07) is 6.34. The number of aryl methyl sites for hydroxylation is 1. The molecule has 4 saturated carbocycles. The van der Waals surface area contributed by atoms with Gasteiger partial charge in [-0.05, 0) is 129 Å². The van der Waals surface area contributed by atoms with Crippen LogP contribution >= 0.6 is 0 Å². The van der Waals surface area contributed by atoms with E-state index >= 15 is 0 Å². The molecule has 0 bridgehead atoms. The zero-order valence-corrected chi connectivity index (χ0v) is 19.5. The second-order valence-electron chi connectivity index (χ2n) is 12.2. The fourth-order valence-electron chi connectivity index (χ4n) is 9.33. The lowest BCUT2D eigenvalue weighted by Gasteiger charge is -2.61. The average molecular weight is 410 g/mol. The van der Waals surface area contributed by atoms with Gasteiger partial charge in [-0.1, -0.05) is 26.8 Å². The third-order valence-corrected chi connectivity index (χ3v) is 11.0. The van der Waals surface area contributed by atoms with Crippen LogP contribution in [0.3, 0.4) is 0 Å². The summed E-state index contributed by atoms with van der Waals surface area (Å²) in [6.07, 6.45) is 16.4. The molecule has 0 aliphatic heterocycles. The largest absolute Gasteiger partial charge is 0.393 e. The Labute approximate surface area is 184 Å². The number of nitrogens with zero attached hydrogens (tertiary/aromatic N) is 1. The van der Waals surface area contributed by atoms with Gasteiger partial charge in [-0.3, -0.25) is 4.98 Å². The van der Waals surface area contributed by atoms with Gasteiger partial charge < -0.3 is 5.11 Å². The molecular formula is C28H43NO. The highest BCUT2D eigenvalue weighted by atomic mass is 16.3. The minimum Gasteiger partial charge on any atom is -0.393 e. The molecule has 4 aliphatic carbocycles. The Hall–Kier alpha value is -0.890. The van der Waals surface area contributed by atoms with E-state index < -0.39 is 0 Å². The zero-order chi connectivity index (χ0) is 20.9. The predicted octanol–water partition coefficient (Wildman–Crippen LogP) is 6.67. The molecule has 4 fully saturated rings. The van der Waals surface area contributed by atoms with Crippen LogP contribution in [-0.4, -0.2) is 16.2 Å². The van der Waals surface area contributed by atoms with Crippen molar-refractivity contribution < 1.29 is 5.11 Å². The first kappa shape index (κ1) is 21.0. The standard InChI is InChI=1S/C28H43NO/c1-19(7-9-21-6-4-5-17-29-21)24-11-12-25-23-10-8-20-18-22(30)13-15-27(20,2)26(23)14-16-28(24,25)3/h4-6,17,19-20,22-26,30H,7-16,18H2,1-3H3. The highest BCUT2D eigenvalue weighted by Gasteiger charge is 2.60. The molecule has 0 radical (unpaired) electrons. The molecule has 1 aromatic rings. The highest BCUT2D eigenvalue weighted by Crippen LogP contribution is 2.68. The van der Waals surface area contributed by atoms with Crippen LogP contribution in [0.4, 0.5) is 0 Å². The van der Waals surface area contributed by atoms with Gasteiger partial charge in [-0.2, -0.15) is 0 Å². The summed E-state index contributed by atoms with van der Waals surface area (Å²) < 4.78 is 0. The third kappa shape index (κ3) is 3.37. The third-order valence-electron chi connectivity index (χ3n) is 11.0. The van der Waals surface area contributed by atoms with Gasteiger partial charge in [0, 0.05) is 11.9 Å². The molecular weight excluding hydrogens is 366 g/mol. The fraction of sp³-hybridized carbons (Fsp3) is 0.821. The first-order chi connectivity index (χ1) is 14.4. The van der Waals surface area contributed by atoms with Crippen LogP contribution in [0, 0.1) is 46.3 Å². The van der Waals surface area contributed by atoms with Gasteiger partial charge in [0.25, 0.3) is 0 Å². The van der Waals surface area contributed by atoms with E-state index in [9.17, 15) is 5.11 Å². The maximum atomic E-state index is 10.3. The molecule has 9 atom stereocenters. The molecule has 0 aromatic carbocycles. The summed E-state index contributed by atoms with van der Waals surface area (Å²) in [7, 11) is 0. The van der Waals surface area contributed by atoms with Crippen LogP contribution in [0.1, 0.15) is 90.7 Å². The van der Waals surface area contributed by atoms with Crippen molar-refractivity contribution in [1.29, 1.82) is 0 Å². The predicted molar refractivity (Wildman–Crippen MR) is 123 cm³/mol. The Morgan fingerprint density at radius 3 is 2.60 bits per heavy atom. The van der Waals surface area contributed by atoms with E-state index in [1.54, 1.807) is 0 Å². The number of hydrogen-bond acceptors (Lipinski definition) is 2. The highest BCUT2D eigenvalue weighted by molar-refractivity contribution is 5.10. The minimum atomic E-state index is -0.0238. The summed E-state index contributed by atoms with van der Waals surface area (Å²) in [5.74, 6) is 5.29. The Kier molecular flexibility index (Phi) is 5.53. The summed E-state index contributed by atoms with van der Waals surface area (Å²) in [6.45, 7) is 7.83. The van der Waals surface area contributed by atoms with Crippen molar-refractivity contribution in [3.8, 4) is 0 Å². The molecule has 1 aromatic heterocycles. The van der Waals surface area contributed by atoms with Crippen LogP contribution in [0.2, 0.25) is 0 Å². The van der Waals surface area contributed by atoms with E-state index in [1.807, 2.05) is 12.3 Å². The van der Waals surface area contributed by atoms with E-state index in [2.05, 4.69) is 37.9 Å². The SMILES string of the molecule is CC(CCc1ccccn1)C1CCC2C3CCC4CC(O)CCC4(C)C3CCC12C. The summed E-state index contributed by atoms with van der Waals surface area (Å²) in [5.41, 5.74) is 2.33. The normalized spacial score (nSPS) is 46.5. The van der Waals surface area contributed by atoms with Crippen molar-refractivity contribution in [3.05, 3.63) is 30.1 Å². The number of fused-ring (bicyclic) bond motifs is 5. The van der Waals surface area contributed by atoms with Gasteiger partial charge in [-0.15, -0.1) is 0 Å². The smallest absolute Gasteiger partial charge is 0.0543 e. The molecule has 1 heterocycles. The summed E-state index contributed by atoms with van der Waals surface area (Å²) >= 11 is 0. The van der Waals surface area contributed by atoms with Crippen molar-refractivity contribution in [3.63, 3.8) is 0 Å². The maximum absolute atomic E-state index is 10.3. The van der Waals surface area contributed by atoms with E-state index in [0.717, 1.165) is 54.8 Å². The molecule has 0 spiro atoms. The fourth-order valence-corrected chi connectivity index (χ4v) is 9.33. The van der Waals surface area contributed by atoms with Gasteiger partial charge in [0.05, 0.1) is 6.10 Å². The van der Waals surface area contributed by atoms with Crippen LogP contribution in [0.15, 0.2) is 24.4 Å². The number of rotatable bonds is 4. The number of aromatic nitrogens is 1. The number of aliphatic hydroxyl groups excluding tert-OH is 1.